The van der Waals surface area contributed by atoms with Crippen LogP contribution in [-0.2, 0) is 0 Å². The van der Waals surface area contributed by atoms with Crippen LogP contribution in [0.2, 0.25) is 0 Å². The highest BCUT2D eigenvalue weighted by molar-refractivity contribution is 6.00. The zero-order chi connectivity index (χ0) is 19.9. The molecule has 7 nitrogen and oxygen atoms in total. The van der Waals surface area contributed by atoms with E-state index in [4.69, 9.17) is 9.47 Å². The second-order valence-corrected chi connectivity index (χ2v) is 5.99. The highest BCUT2D eigenvalue weighted by atomic mass is 16.5. The number of methoxy groups -OCH3 is 1. The number of aromatic amines is 1. The molecule has 1 aromatic heterocycles. The summed E-state index contributed by atoms with van der Waals surface area (Å²) in [5.41, 5.74) is 6.00. The second kappa shape index (κ2) is 8.85. The predicted molar refractivity (Wildman–Crippen MR) is 108 cm³/mol. The summed E-state index contributed by atoms with van der Waals surface area (Å²) in [5.74, 6) is 1.19. The number of benzene rings is 2. The predicted octanol–water partition coefficient (Wildman–Crippen LogP) is 3.64. The van der Waals surface area contributed by atoms with Gasteiger partial charge in [-0.25, -0.2) is 5.43 Å². The van der Waals surface area contributed by atoms with Gasteiger partial charge in [0.25, 0.3) is 5.91 Å². The maximum Gasteiger partial charge on any atom is 0.289 e. The molecule has 0 radical (unpaired) electrons. The average Bonchev–Trinajstić information content (AvgIpc) is 3.23. The van der Waals surface area contributed by atoms with Crippen molar-refractivity contribution in [3.05, 3.63) is 65.9 Å². The summed E-state index contributed by atoms with van der Waals surface area (Å²) >= 11 is 0. The van der Waals surface area contributed by atoms with Gasteiger partial charge in [0.2, 0.25) is 0 Å². The maximum atomic E-state index is 12.3. The molecule has 0 bridgehead atoms. The van der Waals surface area contributed by atoms with Crippen molar-refractivity contribution in [1.82, 2.24) is 15.6 Å². The lowest BCUT2D eigenvalue weighted by Gasteiger charge is -2.03. The van der Waals surface area contributed by atoms with Crippen molar-refractivity contribution in [2.24, 2.45) is 5.10 Å². The Hall–Kier alpha value is -3.61. The van der Waals surface area contributed by atoms with E-state index in [-0.39, 0.29) is 5.91 Å². The molecule has 0 saturated carbocycles. The minimum atomic E-state index is -0.363. The van der Waals surface area contributed by atoms with E-state index in [1.165, 1.54) is 0 Å². The molecule has 0 aliphatic heterocycles. The first-order valence-corrected chi connectivity index (χ1v) is 8.88. The van der Waals surface area contributed by atoms with E-state index in [0.717, 1.165) is 22.6 Å². The number of carbonyl (C=O) groups excluding carboxylic acids is 1. The minimum Gasteiger partial charge on any atom is -0.497 e. The Balaban J connectivity index is 1.66. The third-order valence-electron chi connectivity index (χ3n) is 4.12. The number of hydrazone groups is 1. The number of carbonyl (C=O) groups is 1. The summed E-state index contributed by atoms with van der Waals surface area (Å²) in [5, 5.41) is 11.1. The number of H-pyrrole nitrogens is 1. The van der Waals surface area contributed by atoms with Gasteiger partial charge in [0.05, 0.1) is 25.1 Å². The van der Waals surface area contributed by atoms with Crippen LogP contribution in [0, 0.1) is 0 Å². The fraction of sp³-hybridized carbons (Fsp3) is 0.190. The van der Waals surface area contributed by atoms with Crippen molar-refractivity contribution in [2.75, 3.05) is 13.7 Å². The summed E-state index contributed by atoms with van der Waals surface area (Å²) in [7, 11) is 1.61. The van der Waals surface area contributed by atoms with Gasteiger partial charge in [-0.15, -0.1) is 0 Å². The third-order valence-corrected chi connectivity index (χ3v) is 4.12. The molecule has 0 aliphatic rings. The van der Waals surface area contributed by atoms with Gasteiger partial charge in [0.1, 0.15) is 17.2 Å². The van der Waals surface area contributed by atoms with Gasteiger partial charge in [-0.05, 0) is 74.0 Å². The number of aromatic nitrogens is 2. The Morgan fingerprint density at radius 2 is 1.79 bits per heavy atom. The van der Waals surface area contributed by atoms with Crippen LogP contribution < -0.4 is 14.9 Å². The fourth-order valence-corrected chi connectivity index (χ4v) is 2.57. The van der Waals surface area contributed by atoms with E-state index >= 15 is 0 Å². The topological polar surface area (TPSA) is 88.6 Å². The molecule has 1 heterocycles. The Morgan fingerprint density at radius 3 is 2.43 bits per heavy atom. The van der Waals surface area contributed by atoms with Gasteiger partial charge in [-0.3, -0.25) is 9.89 Å². The molecular formula is C21H22N4O3. The summed E-state index contributed by atoms with van der Waals surface area (Å²) < 4.78 is 10.6. The Bertz CT molecular complexity index is 960. The van der Waals surface area contributed by atoms with E-state index in [1.807, 2.05) is 62.4 Å². The molecule has 0 fully saturated rings. The number of hydrogen-bond acceptors (Lipinski definition) is 5. The van der Waals surface area contributed by atoms with Gasteiger partial charge in [0, 0.05) is 5.56 Å². The van der Waals surface area contributed by atoms with Gasteiger partial charge in [-0.2, -0.15) is 10.2 Å². The van der Waals surface area contributed by atoms with Gasteiger partial charge < -0.3 is 9.47 Å². The van der Waals surface area contributed by atoms with Crippen molar-refractivity contribution < 1.29 is 14.3 Å². The summed E-state index contributed by atoms with van der Waals surface area (Å²) in [6, 6.07) is 16.7. The first-order valence-electron chi connectivity index (χ1n) is 8.88. The van der Waals surface area contributed by atoms with E-state index in [9.17, 15) is 4.79 Å². The van der Waals surface area contributed by atoms with Crippen molar-refractivity contribution in [2.45, 2.75) is 13.8 Å². The molecule has 2 aromatic carbocycles. The number of ether oxygens (including phenoxy) is 2. The van der Waals surface area contributed by atoms with E-state index < -0.39 is 0 Å². The number of hydrogen-bond donors (Lipinski definition) is 2. The van der Waals surface area contributed by atoms with Crippen LogP contribution in [0.3, 0.4) is 0 Å². The monoisotopic (exact) mass is 378 g/mol. The second-order valence-electron chi connectivity index (χ2n) is 5.99. The molecule has 28 heavy (non-hydrogen) atoms. The number of rotatable bonds is 7. The molecule has 0 spiro atoms. The minimum absolute atomic E-state index is 0.329. The molecule has 0 aliphatic carbocycles. The Labute approximate surface area is 163 Å². The quantitative estimate of drug-likeness (QED) is 0.485. The molecule has 3 rings (SSSR count). The number of amides is 1. The Kier molecular flexibility index (Phi) is 6.06. The SMILES string of the molecule is CCOc1ccc(-c2cc(C(=O)N/N=C(\C)c3ccc(OC)cc3)[nH]n2)cc1. The zero-order valence-electron chi connectivity index (χ0n) is 16.0. The molecule has 1 amide bonds. The van der Waals surface area contributed by atoms with Crippen LogP contribution in [0.15, 0.2) is 59.7 Å². The number of nitrogens with zero attached hydrogens (tertiary/aromatic N) is 2. The molecule has 2 N–H and O–H groups in total. The highest BCUT2D eigenvalue weighted by Crippen LogP contribution is 2.21. The van der Waals surface area contributed by atoms with Crippen molar-refractivity contribution in [3.8, 4) is 22.8 Å². The largest absolute Gasteiger partial charge is 0.497 e. The van der Waals surface area contributed by atoms with Crippen LogP contribution in [0.5, 0.6) is 11.5 Å². The standard InChI is InChI=1S/C21H22N4O3/c1-4-28-18-11-7-16(8-12-18)19-13-20(24-23-19)21(26)25-22-14(2)15-5-9-17(27-3)10-6-15/h5-13H,4H2,1-3H3,(H,23,24)(H,25,26)/b22-14+. The van der Waals surface area contributed by atoms with Crippen molar-refractivity contribution in [3.63, 3.8) is 0 Å². The van der Waals surface area contributed by atoms with E-state index in [2.05, 4.69) is 20.7 Å². The van der Waals surface area contributed by atoms with E-state index in [1.54, 1.807) is 13.2 Å². The summed E-state index contributed by atoms with van der Waals surface area (Å²) in [6.07, 6.45) is 0. The smallest absolute Gasteiger partial charge is 0.289 e. The normalized spacial score (nSPS) is 11.2. The highest BCUT2D eigenvalue weighted by Gasteiger charge is 2.11. The molecular weight excluding hydrogens is 356 g/mol. The van der Waals surface area contributed by atoms with Gasteiger partial charge in [0.15, 0.2) is 0 Å². The van der Waals surface area contributed by atoms with Crippen LogP contribution in [0.25, 0.3) is 11.3 Å². The van der Waals surface area contributed by atoms with Crippen LogP contribution >= 0.6 is 0 Å². The molecule has 7 heteroatoms. The molecule has 144 valence electrons. The van der Waals surface area contributed by atoms with Gasteiger partial charge >= 0.3 is 0 Å². The molecule has 0 saturated heterocycles. The van der Waals surface area contributed by atoms with Crippen LogP contribution in [0.4, 0.5) is 0 Å². The maximum absolute atomic E-state index is 12.3. The molecule has 3 aromatic rings. The van der Waals surface area contributed by atoms with Crippen molar-refractivity contribution >= 4 is 11.6 Å². The Morgan fingerprint density at radius 1 is 1.11 bits per heavy atom. The fourth-order valence-electron chi connectivity index (χ4n) is 2.57. The number of nitrogens with one attached hydrogen (secondary N) is 2. The first kappa shape index (κ1) is 19.2. The summed E-state index contributed by atoms with van der Waals surface area (Å²) in [4.78, 5) is 12.3. The average molecular weight is 378 g/mol. The first-order chi connectivity index (χ1) is 13.6. The van der Waals surface area contributed by atoms with Crippen molar-refractivity contribution in [1.29, 1.82) is 0 Å². The van der Waals surface area contributed by atoms with Crippen LogP contribution in [-0.4, -0.2) is 35.5 Å². The summed E-state index contributed by atoms with van der Waals surface area (Å²) in [6.45, 7) is 4.37. The zero-order valence-corrected chi connectivity index (χ0v) is 16.0. The van der Waals surface area contributed by atoms with Crippen LogP contribution in [0.1, 0.15) is 29.9 Å². The van der Waals surface area contributed by atoms with Gasteiger partial charge in [-0.1, -0.05) is 0 Å². The van der Waals surface area contributed by atoms with E-state index in [0.29, 0.717) is 23.7 Å². The molecule has 0 atom stereocenters. The lowest BCUT2D eigenvalue weighted by molar-refractivity contribution is 0.0950. The molecule has 0 unspecified atom stereocenters. The lowest BCUT2D eigenvalue weighted by atomic mass is 10.1. The lowest BCUT2D eigenvalue weighted by Crippen LogP contribution is -2.19. The third kappa shape index (κ3) is 4.56.